The molecule has 5 heteroatoms. The molecule has 2 aromatic rings. The van der Waals surface area contributed by atoms with Crippen molar-refractivity contribution in [2.75, 3.05) is 17.2 Å². The highest BCUT2D eigenvalue weighted by Crippen LogP contribution is 2.13. The van der Waals surface area contributed by atoms with Crippen LogP contribution in [0, 0.1) is 5.82 Å². The van der Waals surface area contributed by atoms with Gasteiger partial charge in [-0.25, -0.2) is 4.39 Å². The largest absolute Gasteiger partial charge is 0.384 e. The topological polar surface area (TPSA) is 54.0 Å². The molecule has 0 bridgehead atoms. The average molecular weight is 273 g/mol. The van der Waals surface area contributed by atoms with Gasteiger partial charge < -0.3 is 10.6 Å². The van der Waals surface area contributed by atoms with Crippen molar-refractivity contribution in [1.29, 1.82) is 0 Å². The molecule has 0 saturated carbocycles. The summed E-state index contributed by atoms with van der Waals surface area (Å²) in [7, 11) is 0. The van der Waals surface area contributed by atoms with Crippen molar-refractivity contribution in [2.45, 2.75) is 13.3 Å². The summed E-state index contributed by atoms with van der Waals surface area (Å²) in [4.78, 5) is 16.1. The van der Waals surface area contributed by atoms with E-state index in [0.29, 0.717) is 11.3 Å². The van der Waals surface area contributed by atoms with Crippen LogP contribution in [-0.4, -0.2) is 17.4 Å². The number of aromatic nitrogens is 1. The number of hydrogen-bond donors (Lipinski definition) is 2. The zero-order valence-electron chi connectivity index (χ0n) is 11.2. The first-order valence-corrected chi connectivity index (χ1v) is 6.45. The van der Waals surface area contributed by atoms with Crippen LogP contribution < -0.4 is 10.6 Å². The second-order valence-corrected chi connectivity index (χ2v) is 4.35. The summed E-state index contributed by atoms with van der Waals surface area (Å²) in [6.45, 7) is 2.87. The van der Waals surface area contributed by atoms with Crippen molar-refractivity contribution >= 4 is 17.3 Å². The normalized spacial score (nSPS) is 10.1. The van der Waals surface area contributed by atoms with E-state index in [0.717, 1.165) is 18.7 Å². The number of nitrogens with zero attached hydrogens (tertiary/aromatic N) is 1. The maximum absolute atomic E-state index is 13.0. The van der Waals surface area contributed by atoms with E-state index < -0.39 is 0 Å². The van der Waals surface area contributed by atoms with Crippen molar-refractivity contribution in [3.63, 3.8) is 0 Å². The fourth-order valence-corrected chi connectivity index (χ4v) is 1.70. The number of amides is 1. The molecule has 0 aliphatic heterocycles. The van der Waals surface area contributed by atoms with Crippen LogP contribution in [0.15, 0.2) is 42.7 Å². The summed E-state index contributed by atoms with van der Waals surface area (Å²) in [5.74, 6) is -0.706. The molecule has 0 spiro atoms. The van der Waals surface area contributed by atoms with Gasteiger partial charge in [0.1, 0.15) is 5.82 Å². The molecule has 1 aromatic carbocycles. The Labute approximate surface area is 117 Å². The summed E-state index contributed by atoms with van der Waals surface area (Å²) in [5.41, 5.74) is 1.64. The minimum absolute atomic E-state index is 0.316. The first-order chi connectivity index (χ1) is 9.69. The van der Waals surface area contributed by atoms with Gasteiger partial charge in [0.05, 0.1) is 11.3 Å². The lowest BCUT2D eigenvalue weighted by Gasteiger charge is -2.08. The number of rotatable bonds is 5. The lowest BCUT2D eigenvalue weighted by atomic mass is 10.2. The fraction of sp³-hybridized carbons (Fsp3) is 0.200. The Bertz CT molecular complexity index is 601. The Hall–Kier alpha value is -2.43. The summed E-state index contributed by atoms with van der Waals surface area (Å²) in [6.07, 6.45) is 4.13. The number of carbonyl (C=O) groups excluding carboxylic acids is 1. The molecule has 2 rings (SSSR count). The maximum atomic E-state index is 13.0. The highest BCUT2D eigenvalue weighted by molar-refractivity contribution is 6.04. The summed E-state index contributed by atoms with van der Waals surface area (Å²) >= 11 is 0. The van der Waals surface area contributed by atoms with Crippen LogP contribution in [0.5, 0.6) is 0 Å². The van der Waals surface area contributed by atoms with Gasteiger partial charge in [0, 0.05) is 24.6 Å². The van der Waals surface area contributed by atoms with E-state index in [4.69, 9.17) is 0 Å². The van der Waals surface area contributed by atoms with E-state index in [2.05, 4.69) is 22.5 Å². The Balaban J connectivity index is 2.09. The fourth-order valence-electron chi connectivity index (χ4n) is 1.70. The molecule has 4 nitrogen and oxygen atoms in total. The predicted molar refractivity (Wildman–Crippen MR) is 77.4 cm³/mol. The Kier molecular flexibility index (Phi) is 4.65. The number of anilines is 2. The van der Waals surface area contributed by atoms with Gasteiger partial charge in [-0.3, -0.25) is 9.78 Å². The van der Waals surface area contributed by atoms with Crippen LogP contribution in [0.25, 0.3) is 0 Å². The molecule has 0 atom stereocenters. The highest BCUT2D eigenvalue weighted by Gasteiger charge is 2.07. The number of carbonyl (C=O) groups is 1. The van der Waals surface area contributed by atoms with Crippen LogP contribution in [0.1, 0.15) is 23.7 Å². The van der Waals surface area contributed by atoms with Crippen LogP contribution in [0.3, 0.4) is 0 Å². The zero-order chi connectivity index (χ0) is 14.4. The van der Waals surface area contributed by atoms with Gasteiger partial charge in [-0.05, 0) is 30.7 Å². The Morgan fingerprint density at radius 2 is 2.10 bits per heavy atom. The van der Waals surface area contributed by atoms with E-state index >= 15 is 0 Å². The average Bonchev–Trinajstić information content (AvgIpc) is 2.45. The number of nitrogens with one attached hydrogen (secondary N) is 2. The molecule has 104 valence electrons. The monoisotopic (exact) mass is 273 g/mol. The highest BCUT2D eigenvalue weighted by atomic mass is 19.1. The van der Waals surface area contributed by atoms with Gasteiger partial charge in [0.15, 0.2) is 0 Å². The van der Waals surface area contributed by atoms with Crippen molar-refractivity contribution in [3.05, 3.63) is 54.1 Å². The van der Waals surface area contributed by atoms with Crippen molar-refractivity contribution in [1.82, 2.24) is 4.98 Å². The zero-order valence-corrected chi connectivity index (χ0v) is 11.2. The summed E-state index contributed by atoms with van der Waals surface area (Å²) < 4.78 is 13.0. The minimum Gasteiger partial charge on any atom is -0.384 e. The first kappa shape index (κ1) is 14.0. The number of benzene rings is 1. The van der Waals surface area contributed by atoms with Gasteiger partial charge in [0.2, 0.25) is 0 Å². The quantitative estimate of drug-likeness (QED) is 0.879. The van der Waals surface area contributed by atoms with Crippen LogP contribution in [-0.2, 0) is 0 Å². The Morgan fingerprint density at radius 3 is 2.85 bits per heavy atom. The number of hydrogen-bond acceptors (Lipinski definition) is 3. The predicted octanol–water partition coefficient (Wildman–Crippen LogP) is 3.29. The molecular weight excluding hydrogens is 257 g/mol. The van der Waals surface area contributed by atoms with Crippen LogP contribution >= 0.6 is 0 Å². The van der Waals surface area contributed by atoms with Crippen LogP contribution in [0.2, 0.25) is 0 Å². The minimum atomic E-state index is -0.390. The van der Waals surface area contributed by atoms with Crippen LogP contribution in [0.4, 0.5) is 15.8 Å². The number of halogens is 1. The summed E-state index contributed by atoms with van der Waals surface area (Å²) in [5, 5.41) is 5.80. The van der Waals surface area contributed by atoms with Gasteiger partial charge >= 0.3 is 0 Å². The second kappa shape index (κ2) is 6.65. The molecular formula is C15H16FN3O. The number of pyridine rings is 1. The third-order valence-electron chi connectivity index (χ3n) is 2.66. The summed E-state index contributed by atoms with van der Waals surface area (Å²) in [6, 6.07) is 7.49. The van der Waals surface area contributed by atoms with Crippen molar-refractivity contribution in [2.24, 2.45) is 0 Å². The van der Waals surface area contributed by atoms with E-state index in [1.54, 1.807) is 24.4 Å². The van der Waals surface area contributed by atoms with Gasteiger partial charge in [-0.15, -0.1) is 0 Å². The van der Waals surface area contributed by atoms with Gasteiger partial charge in [-0.1, -0.05) is 13.0 Å². The van der Waals surface area contributed by atoms with E-state index in [9.17, 15) is 9.18 Å². The molecule has 1 aromatic heterocycles. The second-order valence-electron chi connectivity index (χ2n) is 4.35. The lowest BCUT2D eigenvalue weighted by molar-refractivity contribution is 0.102. The van der Waals surface area contributed by atoms with Gasteiger partial charge in [-0.2, -0.15) is 0 Å². The molecule has 0 aliphatic carbocycles. The van der Waals surface area contributed by atoms with Crippen molar-refractivity contribution < 1.29 is 9.18 Å². The maximum Gasteiger partial charge on any atom is 0.257 e. The third-order valence-corrected chi connectivity index (χ3v) is 2.66. The molecule has 0 radical (unpaired) electrons. The molecule has 0 aliphatic rings. The SMILES string of the molecule is CCCNc1cncc(C(=O)Nc2cccc(F)c2)c1. The molecule has 0 fully saturated rings. The van der Waals surface area contributed by atoms with E-state index in [1.807, 2.05) is 0 Å². The smallest absolute Gasteiger partial charge is 0.257 e. The molecule has 20 heavy (non-hydrogen) atoms. The van der Waals surface area contributed by atoms with E-state index in [1.165, 1.54) is 18.3 Å². The lowest BCUT2D eigenvalue weighted by Crippen LogP contribution is -2.13. The first-order valence-electron chi connectivity index (χ1n) is 6.45. The molecule has 1 amide bonds. The van der Waals surface area contributed by atoms with Crippen molar-refractivity contribution in [3.8, 4) is 0 Å². The van der Waals surface area contributed by atoms with E-state index in [-0.39, 0.29) is 11.7 Å². The molecule has 0 unspecified atom stereocenters. The molecule has 0 saturated heterocycles. The molecule has 1 heterocycles. The Morgan fingerprint density at radius 1 is 1.25 bits per heavy atom. The standard InChI is InChI=1S/C15H16FN3O/c1-2-6-18-14-7-11(9-17-10-14)15(20)19-13-5-3-4-12(16)8-13/h3-5,7-10,18H,2,6H2,1H3,(H,19,20). The third kappa shape index (κ3) is 3.78. The van der Waals surface area contributed by atoms with Gasteiger partial charge in [0.25, 0.3) is 5.91 Å². The molecule has 2 N–H and O–H groups in total.